The van der Waals surface area contributed by atoms with Crippen molar-refractivity contribution in [3.8, 4) is 5.75 Å². The summed E-state index contributed by atoms with van der Waals surface area (Å²) in [4.78, 5) is 7.82. The largest absolute Gasteiger partial charge is 0.508 e. The Balaban J connectivity index is 2.31. The van der Waals surface area contributed by atoms with Crippen molar-refractivity contribution in [2.45, 2.75) is 0 Å². The molecule has 0 spiro atoms. The van der Waals surface area contributed by atoms with Crippen molar-refractivity contribution in [2.75, 3.05) is 11.1 Å². The smallest absolute Gasteiger partial charge is 0.230 e. The zero-order valence-electron chi connectivity index (χ0n) is 8.48. The van der Waals surface area contributed by atoms with Crippen LogP contribution in [-0.2, 0) is 0 Å². The van der Waals surface area contributed by atoms with Crippen LogP contribution in [0.25, 0.3) is 0 Å². The van der Waals surface area contributed by atoms with Crippen molar-refractivity contribution >= 4 is 40.7 Å². The van der Waals surface area contributed by atoms with Crippen LogP contribution in [0.5, 0.6) is 5.75 Å². The molecule has 7 heteroatoms. The van der Waals surface area contributed by atoms with E-state index in [-0.39, 0.29) is 27.7 Å². The Kier molecular flexibility index (Phi) is 3.21. The average molecular weight is 271 g/mol. The van der Waals surface area contributed by atoms with E-state index in [1.165, 1.54) is 6.07 Å². The van der Waals surface area contributed by atoms with E-state index in [0.29, 0.717) is 5.69 Å². The second-order valence-electron chi connectivity index (χ2n) is 3.21. The summed E-state index contributed by atoms with van der Waals surface area (Å²) >= 11 is 11.5. The molecular formula is C10H8Cl2N4O. The number of hydrogen-bond donors (Lipinski definition) is 3. The molecule has 0 saturated heterocycles. The third-order valence-corrected chi connectivity index (χ3v) is 2.68. The van der Waals surface area contributed by atoms with E-state index < -0.39 is 0 Å². The number of rotatable bonds is 2. The molecule has 2 aromatic rings. The fourth-order valence-corrected chi connectivity index (χ4v) is 1.47. The first-order valence-corrected chi connectivity index (χ1v) is 5.36. The Hall–Kier alpha value is -1.72. The van der Waals surface area contributed by atoms with E-state index in [1.54, 1.807) is 18.2 Å². The van der Waals surface area contributed by atoms with Gasteiger partial charge in [-0.2, -0.15) is 9.97 Å². The number of aromatic nitrogens is 2. The first-order chi connectivity index (χ1) is 8.06. The van der Waals surface area contributed by atoms with Crippen molar-refractivity contribution in [3.63, 3.8) is 0 Å². The molecule has 1 aromatic heterocycles. The van der Waals surface area contributed by atoms with Crippen LogP contribution in [0.2, 0.25) is 10.2 Å². The second-order valence-corrected chi connectivity index (χ2v) is 3.95. The number of nitrogens with zero attached hydrogens (tertiary/aromatic N) is 2. The second kappa shape index (κ2) is 4.65. The van der Waals surface area contributed by atoms with Gasteiger partial charge in [-0.25, -0.2) is 0 Å². The molecule has 1 heterocycles. The van der Waals surface area contributed by atoms with Gasteiger partial charge in [-0.05, 0) is 12.1 Å². The van der Waals surface area contributed by atoms with Crippen LogP contribution in [0.4, 0.5) is 17.5 Å². The molecule has 17 heavy (non-hydrogen) atoms. The number of nitrogen functional groups attached to an aromatic ring is 1. The average Bonchev–Trinajstić information content (AvgIpc) is 2.26. The maximum absolute atomic E-state index is 9.29. The fourth-order valence-electron chi connectivity index (χ4n) is 1.20. The van der Waals surface area contributed by atoms with Crippen LogP contribution in [0.1, 0.15) is 0 Å². The van der Waals surface area contributed by atoms with Gasteiger partial charge < -0.3 is 16.2 Å². The minimum Gasteiger partial charge on any atom is -0.508 e. The van der Waals surface area contributed by atoms with Crippen molar-refractivity contribution in [3.05, 3.63) is 34.4 Å². The Morgan fingerprint density at radius 1 is 1.24 bits per heavy atom. The van der Waals surface area contributed by atoms with Crippen LogP contribution >= 0.6 is 23.2 Å². The third kappa shape index (κ3) is 2.69. The SMILES string of the molecule is Nc1nc(Nc2cccc(O)c2)nc(Cl)c1Cl. The van der Waals surface area contributed by atoms with Crippen LogP contribution in [0.15, 0.2) is 24.3 Å². The van der Waals surface area contributed by atoms with Crippen LogP contribution in [0, 0.1) is 0 Å². The number of nitrogens with one attached hydrogen (secondary N) is 1. The Bertz CT molecular complexity index is 539. The standard InChI is InChI=1S/C10H8Cl2N4O/c11-7-8(12)15-10(16-9(7)13)14-5-2-1-3-6(17)4-5/h1-4,17H,(H3,13,14,15,16). The molecule has 0 radical (unpaired) electrons. The van der Waals surface area contributed by atoms with Gasteiger partial charge in [-0.3, -0.25) is 0 Å². The summed E-state index contributed by atoms with van der Waals surface area (Å²) in [5.41, 5.74) is 6.16. The lowest BCUT2D eigenvalue weighted by molar-refractivity contribution is 0.475. The maximum atomic E-state index is 9.29. The first-order valence-electron chi connectivity index (χ1n) is 4.61. The summed E-state index contributed by atoms with van der Waals surface area (Å²) in [6, 6.07) is 6.48. The zero-order valence-corrected chi connectivity index (χ0v) is 10.00. The molecule has 1 aromatic carbocycles. The summed E-state index contributed by atoms with van der Waals surface area (Å²) in [5, 5.41) is 12.3. The van der Waals surface area contributed by atoms with E-state index in [0.717, 1.165) is 0 Å². The van der Waals surface area contributed by atoms with Gasteiger partial charge in [0, 0.05) is 11.8 Å². The number of aromatic hydroxyl groups is 1. The molecule has 0 fully saturated rings. The molecule has 0 aliphatic heterocycles. The summed E-state index contributed by atoms with van der Waals surface area (Å²) in [7, 11) is 0. The molecular weight excluding hydrogens is 263 g/mol. The molecule has 88 valence electrons. The molecule has 5 nitrogen and oxygen atoms in total. The third-order valence-electron chi connectivity index (χ3n) is 1.94. The van der Waals surface area contributed by atoms with E-state index >= 15 is 0 Å². The normalized spacial score (nSPS) is 10.2. The molecule has 0 bridgehead atoms. The molecule has 0 aliphatic rings. The first kappa shape index (κ1) is 11.8. The molecule has 0 aliphatic carbocycles. The van der Waals surface area contributed by atoms with E-state index in [1.807, 2.05) is 0 Å². The number of phenols is 1. The molecule has 4 N–H and O–H groups in total. The van der Waals surface area contributed by atoms with Gasteiger partial charge in [-0.15, -0.1) is 0 Å². The summed E-state index contributed by atoms with van der Waals surface area (Å²) in [6.45, 7) is 0. The summed E-state index contributed by atoms with van der Waals surface area (Å²) in [6.07, 6.45) is 0. The lowest BCUT2D eigenvalue weighted by atomic mass is 10.3. The van der Waals surface area contributed by atoms with Gasteiger partial charge in [0.1, 0.15) is 16.6 Å². The van der Waals surface area contributed by atoms with Crippen molar-refractivity contribution in [2.24, 2.45) is 0 Å². The van der Waals surface area contributed by atoms with Crippen LogP contribution < -0.4 is 11.1 Å². The Morgan fingerprint density at radius 3 is 2.65 bits per heavy atom. The van der Waals surface area contributed by atoms with Gasteiger partial charge >= 0.3 is 0 Å². The minimum absolute atomic E-state index is 0.0711. The molecule has 0 amide bonds. The molecule has 0 atom stereocenters. The van der Waals surface area contributed by atoms with Crippen LogP contribution in [-0.4, -0.2) is 15.1 Å². The van der Waals surface area contributed by atoms with Gasteiger partial charge in [0.2, 0.25) is 5.95 Å². The highest BCUT2D eigenvalue weighted by Crippen LogP contribution is 2.27. The predicted molar refractivity (Wildman–Crippen MR) is 67.9 cm³/mol. The highest BCUT2D eigenvalue weighted by Gasteiger charge is 2.08. The lowest BCUT2D eigenvalue weighted by Crippen LogP contribution is -2.01. The van der Waals surface area contributed by atoms with Gasteiger partial charge in [0.15, 0.2) is 5.15 Å². The molecule has 2 rings (SSSR count). The zero-order chi connectivity index (χ0) is 12.4. The Morgan fingerprint density at radius 2 is 2.00 bits per heavy atom. The monoisotopic (exact) mass is 270 g/mol. The number of phenolic OH excluding ortho intramolecular Hbond substituents is 1. The summed E-state index contributed by atoms with van der Waals surface area (Å²) < 4.78 is 0. The quantitative estimate of drug-likeness (QED) is 0.731. The number of benzene rings is 1. The number of hydrogen-bond acceptors (Lipinski definition) is 5. The lowest BCUT2D eigenvalue weighted by Gasteiger charge is -2.07. The van der Waals surface area contributed by atoms with Crippen LogP contribution in [0.3, 0.4) is 0 Å². The van der Waals surface area contributed by atoms with Crippen molar-refractivity contribution < 1.29 is 5.11 Å². The number of nitrogens with two attached hydrogens (primary N) is 1. The van der Waals surface area contributed by atoms with E-state index in [9.17, 15) is 5.11 Å². The van der Waals surface area contributed by atoms with Gasteiger partial charge in [-0.1, -0.05) is 29.3 Å². The number of anilines is 3. The highest BCUT2D eigenvalue weighted by molar-refractivity contribution is 6.42. The van der Waals surface area contributed by atoms with E-state index in [4.69, 9.17) is 28.9 Å². The maximum Gasteiger partial charge on any atom is 0.230 e. The highest BCUT2D eigenvalue weighted by atomic mass is 35.5. The summed E-state index contributed by atoms with van der Waals surface area (Å²) in [5.74, 6) is 0.430. The van der Waals surface area contributed by atoms with Gasteiger partial charge in [0.05, 0.1) is 0 Å². The molecule has 0 unspecified atom stereocenters. The predicted octanol–water partition coefficient (Wildman–Crippen LogP) is 2.81. The van der Waals surface area contributed by atoms with E-state index in [2.05, 4.69) is 15.3 Å². The number of halogens is 2. The Labute approximate surface area is 107 Å². The minimum atomic E-state index is 0.0711. The molecule has 0 saturated carbocycles. The van der Waals surface area contributed by atoms with Crippen molar-refractivity contribution in [1.29, 1.82) is 0 Å². The van der Waals surface area contributed by atoms with Gasteiger partial charge in [0.25, 0.3) is 0 Å². The fraction of sp³-hybridized carbons (Fsp3) is 0. The topological polar surface area (TPSA) is 84.1 Å². The van der Waals surface area contributed by atoms with Crippen molar-refractivity contribution in [1.82, 2.24) is 9.97 Å².